The Balaban J connectivity index is 1.12. The summed E-state index contributed by atoms with van der Waals surface area (Å²) < 4.78 is 4.94. The molecular formula is C55H34N4S. The fourth-order valence-corrected chi connectivity index (χ4v) is 10.1. The van der Waals surface area contributed by atoms with Crippen LogP contribution in [0, 0.1) is 0 Å². The molecule has 0 aliphatic rings. The molecule has 0 fully saturated rings. The topological polar surface area (TPSA) is 43.6 Å². The van der Waals surface area contributed by atoms with Crippen LogP contribution in [0.1, 0.15) is 0 Å². The van der Waals surface area contributed by atoms with Crippen molar-refractivity contribution in [1.82, 2.24) is 19.5 Å². The first-order chi connectivity index (χ1) is 29.7. The van der Waals surface area contributed by atoms with Crippen LogP contribution in [0.15, 0.2) is 206 Å². The molecule has 0 aliphatic heterocycles. The molecule has 12 rings (SSSR count). The number of thiophene rings is 1. The van der Waals surface area contributed by atoms with E-state index in [1.54, 1.807) is 0 Å². The van der Waals surface area contributed by atoms with Gasteiger partial charge in [-0.15, -0.1) is 11.3 Å². The Labute approximate surface area is 350 Å². The van der Waals surface area contributed by atoms with Gasteiger partial charge in [0, 0.05) is 47.6 Å². The molecule has 3 aromatic heterocycles. The summed E-state index contributed by atoms with van der Waals surface area (Å²) in [6.45, 7) is 0. The highest BCUT2D eigenvalue weighted by Crippen LogP contribution is 2.42. The molecule has 0 amide bonds. The van der Waals surface area contributed by atoms with Crippen molar-refractivity contribution in [3.05, 3.63) is 206 Å². The number of benzene rings is 9. The minimum absolute atomic E-state index is 0.608. The van der Waals surface area contributed by atoms with E-state index in [-0.39, 0.29) is 0 Å². The van der Waals surface area contributed by atoms with Gasteiger partial charge in [-0.1, -0.05) is 170 Å². The highest BCUT2D eigenvalue weighted by Gasteiger charge is 2.21. The zero-order valence-corrected chi connectivity index (χ0v) is 33.1. The molecule has 5 heteroatoms. The zero-order valence-electron chi connectivity index (χ0n) is 32.3. The fraction of sp³-hybridized carbons (Fsp3) is 0. The average molecular weight is 783 g/mol. The van der Waals surface area contributed by atoms with Gasteiger partial charge in [0.15, 0.2) is 17.5 Å². The van der Waals surface area contributed by atoms with Gasteiger partial charge in [0.2, 0.25) is 0 Å². The minimum Gasteiger partial charge on any atom is -0.308 e. The van der Waals surface area contributed by atoms with Crippen molar-refractivity contribution in [3.8, 4) is 62.1 Å². The number of hydrogen-bond acceptors (Lipinski definition) is 4. The maximum atomic E-state index is 5.41. The molecule has 0 aliphatic carbocycles. The van der Waals surface area contributed by atoms with Crippen molar-refractivity contribution < 1.29 is 0 Å². The molecule has 60 heavy (non-hydrogen) atoms. The van der Waals surface area contributed by atoms with Crippen molar-refractivity contribution in [1.29, 1.82) is 0 Å². The predicted molar refractivity (Wildman–Crippen MR) is 252 cm³/mol. The summed E-state index contributed by atoms with van der Waals surface area (Å²) in [5.74, 6) is 1.86. The molecule has 0 N–H and O–H groups in total. The first-order valence-corrected chi connectivity index (χ1v) is 21.0. The van der Waals surface area contributed by atoms with Gasteiger partial charge in [-0.05, 0) is 69.4 Å². The van der Waals surface area contributed by atoms with Gasteiger partial charge < -0.3 is 4.57 Å². The molecule has 3 heterocycles. The van der Waals surface area contributed by atoms with Crippen LogP contribution in [0.2, 0.25) is 0 Å². The second-order valence-corrected chi connectivity index (χ2v) is 16.2. The quantitative estimate of drug-likeness (QED) is 0.169. The van der Waals surface area contributed by atoms with E-state index < -0.39 is 0 Å². The number of para-hydroxylation sites is 2. The summed E-state index contributed by atoms with van der Waals surface area (Å²) in [7, 11) is 0. The van der Waals surface area contributed by atoms with E-state index in [1.807, 2.05) is 11.3 Å². The van der Waals surface area contributed by atoms with E-state index in [4.69, 9.17) is 15.0 Å². The van der Waals surface area contributed by atoms with Crippen molar-refractivity contribution in [2.24, 2.45) is 0 Å². The summed E-state index contributed by atoms with van der Waals surface area (Å²) in [6.07, 6.45) is 0. The summed E-state index contributed by atoms with van der Waals surface area (Å²) in [5.41, 5.74) is 10.6. The first-order valence-electron chi connectivity index (χ1n) is 20.2. The smallest absolute Gasteiger partial charge is 0.166 e. The molecule has 0 spiro atoms. The van der Waals surface area contributed by atoms with Gasteiger partial charge in [0.25, 0.3) is 0 Å². The molecule has 9 aromatic carbocycles. The fourth-order valence-electron chi connectivity index (χ4n) is 8.86. The lowest BCUT2D eigenvalue weighted by Gasteiger charge is -2.17. The Kier molecular flexibility index (Phi) is 8.00. The molecule has 0 atom stereocenters. The molecular weight excluding hydrogens is 749 g/mol. The highest BCUT2D eigenvalue weighted by atomic mass is 32.1. The van der Waals surface area contributed by atoms with Crippen LogP contribution < -0.4 is 0 Å². The molecule has 0 saturated heterocycles. The summed E-state index contributed by atoms with van der Waals surface area (Å²) in [6, 6.07) is 73.3. The normalized spacial score (nSPS) is 11.7. The van der Waals surface area contributed by atoms with Crippen LogP contribution in [-0.2, 0) is 0 Å². The van der Waals surface area contributed by atoms with E-state index in [2.05, 4.69) is 211 Å². The number of nitrogens with zero attached hydrogens (tertiary/aromatic N) is 4. The Bertz CT molecular complexity index is 3560. The Morgan fingerprint density at radius 3 is 1.72 bits per heavy atom. The van der Waals surface area contributed by atoms with E-state index in [9.17, 15) is 0 Å². The molecule has 4 nitrogen and oxygen atoms in total. The third kappa shape index (κ3) is 5.63. The average Bonchev–Trinajstić information content (AvgIpc) is 3.87. The molecule has 0 saturated carbocycles. The molecule has 0 unspecified atom stereocenters. The van der Waals surface area contributed by atoms with Crippen LogP contribution in [0.4, 0.5) is 0 Å². The number of rotatable bonds is 6. The van der Waals surface area contributed by atoms with Crippen LogP contribution in [0.3, 0.4) is 0 Å². The van der Waals surface area contributed by atoms with Crippen molar-refractivity contribution in [3.63, 3.8) is 0 Å². The second-order valence-electron chi connectivity index (χ2n) is 15.2. The van der Waals surface area contributed by atoms with Crippen LogP contribution >= 0.6 is 11.3 Å². The molecule has 0 bridgehead atoms. The van der Waals surface area contributed by atoms with Gasteiger partial charge >= 0.3 is 0 Å². The lowest BCUT2D eigenvalue weighted by molar-refractivity contribution is 1.07. The van der Waals surface area contributed by atoms with Gasteiger partial charge in [-0.3, -0.25) is 0 Å². The SMILES string of the molecule is c1ccc(-c2ccc(-c3nc(-c4cccc(-c5cccc6c5sc5ccccc56)c4)nc(-c4cccc5ccccc45)n3)c(-n3c4ccccc4c4ccccc43)c2)cc1. The summed E-state index contributed by atoms with van der Waals surface area (Å²) in [5, 5.41) is 7.18. The molecule has 0 radical (unpaired) electrons. The maximum Gasteiger partial charge on any atom is 0.166 e. The molecule has 280 valence electrons. The number of aromatic nitrogens is 4. The number of fused-ring (bicyclic) bond motifs is 7. The third-order valence-corrected chi connectivity index (χ3v) is 12.9. The summed E-state index contributed by atoms with van der Waals surface area (Å²) >= 11 is 1.84. The number of hydrogen-bond donors (Lipinski definition) is 0. The maximum absolute atomic E-state index is 5.41. The standard InChI is InChI=1S/C55H34N4S/c1-2-15-35(16-3-1)37-31-32-47(50(34-37)59-48-28-9-6-22-42(48)43-23-7-10-29-49(43)59)55-57-53(56-54(58-55)46-27-13-18-36-17-4-5-21-40(36)46)39-20-12-19-38(33-39)41-25-14-26-45-44-24-8-11-30-51(44)60-52(41)45/h1-34H. The van der Waals surface area contributed by atoms with Crippen molar-refractivity contribution >= 4 is 64.1 Å². The van der Waals surface area contributed by atoms with Crippen molar-refractivity contribution in [2.75, 3.05) is 0 Å². The zero-order chi connectivity index (χ0) is 39.6. The summed E-state index contributed by atoms with van der Waals surface area (Å²) in [4.78, 5) is 16.1. The third-order valence-electron chi connectivity index (χ3n) is 11.7. The predicted octanol–water partition coefficient (Wildman–Crippen LogP) is 14.8. The van der Waals surface area contributed by atoms with E-state index in [0.29, 0.717) is 17.5 Å². The minimum atomic E-state index is 0.608. The van der Waals surface area contributed by atoms with Crippen molar-refractivity contribution in [2.45, 2.75) is 0 Å². The monoisotopic (exact) mass is 782 g/mol. The van der Waals surface area contributed by atoms with Gasteiger partial charge in [-0.2, -0.15) is 0 Å². The lowest BCUT2D eigenvalue weighted by atomic mass is 10.00. The van der Waals surface area contributed by atoms with Crippen LogP contribution in [0.25, 0.3) is 115 Å². The van der Waals surface area contributed by atoms with Crippen LogP contribution in [0.5, 0.6) is 0 Å². The molecule has 12 aromatic rings. The van der Waals surface area contributed by atoms with Crippen LogP contribution in [-0.4, -0.2) is 19.5 Å². The largest absolute Gasteiger partial charge is 0.308 e. The highest BCUT2D eigenvalue weighted by molar-refractivity contribution is 7.26. The van der Waals surface area contributed by atoms with E-state index in [1.165, 1.54) is 36.5 Å². The Morgan fingerprint density at radius 2 is 0.900 bits per heavy atom. The Hall–Kier alpha value is -7.73. The van der Waals surface area contributed by atoms with Gasteiger partial charge in [-0.25, -0.2) is 15.0 Å². The lowest BCUT2D eigenvalue weighted by Crippen LogP contribution is -2.04. The first kappa shape index (κ1) is 34.3. The second kappa shape index (κ2) is 14.0. The van der Waals surface area contributed by atoms with Gasteiger partial charge in [0.1, 0.15) is 0 Å². The van der Waals surface area contributed by atoms with E-state index in [0.717, 1.165) is 60.9 Å². The van der Waals surface area contributed by atoms with E-state index >= 15 is 0 Å². The van der Waals surface area contributed by atoms with Gasteiger partial charge in [0.05, 0.1) is 16.7 Å². The Morgan fingerprint density at radius 1 is 0.333 bits per heavy atom.